The van der Waals surface area contributed by atoms with E-state index in [1.165, 1.54) is 23.7 Å². The maximum Gasteiger partial charge on any atom is 0.296 e. The van der Waals surface area contributed by atoms with E-state index >= 15 is 0 Å². The van der Waals surface area contributed by atoms with Crippen LogP contribution in [0.25, 0.3) is 0 Å². The van der Waals surface area contributed by atoms with Crippen molar-refractivity contribution in [1.82, 2.24) is 20.2 Å². The number of amides is 2. The van der Waals surface area contributed by atoms with Gasteiger partial charge in [-0.25, -0.2) is 9.37 Å². The first-order valence-electron chi connectivity index (χ1n) is 10.6. The van der Waals surface area contributed by atoms with Crippen LogP contribution in [-0.4, -0.2) is 35.0 Å². The van der Waals surface area contributed by atoms with Gasteiger partial charge in [0.15, 0.2) is 5.69 Å². The van der Waals surface area contributed by atoms with E-state index in [2.05, 4.69) is 15.6 Å². The topological polar surface area (TPSA) is 112 Å². The SMILES string of the molecule is CNC(=O)c1cc(F)ccc1CNC(=O)c1nc2n(c(=O)c1OCc1ccccc1)CCOC2. The van der Waals surface area contributed by atoms with Gasteiger partial charge >= 0.3 is 0 Å². The largest absolute Gasteiger partial charge is 0.481 e. The number of rotatable bonds is 7. The van der Waals surface area contributed by atoms with Gasteiger partial charge in [-0.2, -0.15) is 0 Å². The van der Waals surface area contributed by atoms with Gasteiger partial charge in [0.1, 0.15) is 24.9 Å². The summed E-state index contributed by atoms with van der Waals surface area (Å²) in [6.45, 7) is 0.734. The van der Waals surface area contributed by atoms with Crippen LogP contribution in [0.2, 0.25) is 0 Å². The molecule has 0 saturated heterocycles. The third kappa shape index (κ3) is 4.96. The first-order valence-corrected chi connectivity index (χ1v) is 10.6. The Labute approximate surface area is 194 Å². The quantitative estimate of drug-likeness (QED) is 0.549. The van der Waals surface area contributed by atoms with Crippen molar-refractivity contribution in [2.24, 2.45) is 0 Å². The number of aromatic nitrogens is 2. The average Bonchev–Trinajstić information content (AvgIpc) is 2.87. The number of ether oxygens (including phenoxy) is 2. The van der Waals surface area contributed by atoms with E-state index in [1.54, 1.807) is 0 Å². The Morgan fingerprint density at radius 2 is 1.97 bits per heavy atom. The summed E-state index contributed by atoms with van der Waals surface area (Å²) < 4.78 is 26.2. The number of nitrogens with one attached hydrogen (secondary N) is 2. The Morgan fingerprint density at radius 3 is 2.74 bits per heavy atom. The van der Waals surface area contributed by atoms with Crippen molar-refractivity contribution in [3.63, 3.8) is 0 Å². The van der Waals surface area contributed by atoms with Crippen LogP contribution in [0.5, 0.6) is 5.75 Å². The normalized spacial score (nSPS) is 12.5. The fraction of sp³-hybridized carbons (Fsp3) is 0.250. The standard InChI is InChI=1S/C24H23FN4O5/c1-26-22(30)18-11-17(25)8-7-16(18)12-27-23(31)20-21(34-13-15-5-3-2-4-6-15)24(32)29-9-10-33-14-19(29)28-20/h2-8,11H,9-10,12-14H2,1H3,(H,26,30)(H,27,31). The van der Waals surface area contributed by atoms with Gasteiger partial charge in [0, 0.05) is 19.2 Å². The summed E-state index contributed by atoms with van der Waals surface area (Å²) in [5.41, 5.74) is 0.665. The second-order valence-electron chi connectivity index (χ2n) is 7.55. The molecule has 0 aliphatic carbocycles. The number of fused-ring (bicyclic) bond motifs is 1. The third-order valence-electron chi connectivity index (χ3n) is 5.32. The van der Waals surface area contributed by atoms with E-state index in [4.69, 9.17) is 9.47 Å². The summed E-state index contributed by atoms with van der Waals surface area (Å²) in [4.78, 5) is 42.7. The molecule has 1 aliphatic heterocycles. The van der Waals surface area contributed by atoms with Crippen molar-refractivity contribution < 1.29 is 23.5 Å². The summed E-state index contributed by atoms with van der Waals surface area (Å²) in [6.07, 6.45) is 0. The molecule has 4 rings (SSSR count). The van der Waals surface area contributed by atoms with E-state index < -0.39 is 23.2 Å². The van der Waals surface area contributed by atoms with Gasteiger partial charge in [0.25, 0.3) is 17.4 Å². The Bertz CT molecular complexity index is 1280. The zero-order valence-electron chi connectivity index (χ0n) is 18.5. The van der Waals surface area contributed by atoms with Crippen LogP contribution in [0.15, 0.2) is 53.3 Å². The molecule has 1 aromatic heterocycles. The Balaban J connectivity index is 1.62. The van der Waals surface area contributed by atoms with Crippen LogP contribution < -0.4 is 20.9 Å². The molecule has 0 bridgehead atoms. The molecule has 3 aromatic rings. The highest BCUT2D eigenvalue weighted by Crippen LogP contribution is 2.18. The third-order valence-corrected chi connectivity index (χ3v) is 5.32. The minimum absolute atomic E-state index is 0.0761. The second-order valence-corrected chi connectivity index (χ2v) is 7.55. The fourth-order valence-electron chi connectivity index (χ4n) is 3.56. The van der Waals surface area contributed by atoms with Gasteiger partial charge in [-0.15, -0.1) is 0 Å². The molecular formula is C24H23FN4O5. The minimum atomic E-state index is -0.665. The smallest absolute Gasteiger partial charge is 0.296 e. The van der Waals surface area contributed by atoms with E-state index in [-0.39, 0.29) is 36.8 Å². The van der Waals surface area contributed by atoms with Crippen LogP contribution in [0.1, 0.15) is 37.8 Å². The Morgan fingerprint density at radius 1 is 1.18 bits per heavy atom. The fourth-order valence-corrected chi connectivity index (χ4v) is 3.56. The number of carbonyl (C=O) groups is 2. The molecule has 0 unspecified atom stereocenters. The van der Waals surface area contributed by atoms with Crippen LogP contribution in [0.3, 0.4) is 0 Å². The van der Waals surface area contributed by atoms with Gasteiger partial charge < -0.3 is 20.1 Å². The number of carbonyl (C=O) groups excluding carboxylic acids is 2. The Kier molecular flexibility index (Phi) is 6.98. The molecule has 1 aliphatic rings. The van der Waals surface area contributed by atoms with Crippen molar-refractivity contribution in [2.45, 2.75) is 26.3 Å². The molecule has 0 radical (unpaired) electrons. The number of benzene rings is 2. The summed E-state index contributed by atoms with van der Waals surface area (Å²) in [5.74, 6) is -1.58. The lowest BCUT2D eigenvalue weighted by Gasteiger charge is -2.20. The van der Waals surface area contributed by atoms with E-state index in [9.17, 15) is 18.8 Å². The average molecular weight is 466 g/mol. The number of hydrogen-bond donors (Lipinski definition) is 2. The summed E-state index contributed by atoms with van der Waals surface area (Å²) in [7, 11) is 1.43. The molecule has 34 heavy (non-hydrogen) atoms. The number of hydrogen-bond acceptors (Lipinski definition) is 6. The van der Waals surface area contributed by atoms with Crippen molar-refractivity contribution in [2.75, 3.05) is 13.7 Å². The van der Waals surface area contributed by atoms with Crippen LogP contribution in [-0.2, 0) is 31.0 Å². The molecule has 176 valence electrons. The lowest BCUT2D eigenvalue weighted by Crippen LogP contribution is -2.36. The van der Waals surface area contributed by atoms with Gasteiger partial charge in [0.2, 0.25) is 5.75 Å². The van der Waals surface area contributed by atoms with Gasteiger partial charge in [-0.05, 0) is 23.3 Å². The minimum Gasteiger partial charge on any atom is -0.481 e. The zero-order valence-corrected chi connectivity index (χ0v) is 18.5. The van der Waals surface area contributed by atoms with Crippen molar-refractivity contribution in [3.05, 3.63) is 92.9 Å². The summed E-state index contributed by atoms with van der Waals surface area (Å²) in [5, 5.41) is 5.10. The molecule has 2 amide bonds. The Hall–Kier alpha value is -4.05. The highest BCUT2D eigenvalue weighted by atomic mass is 19.1. The molecule has 9 nitrogen and oxygen atoms in total. The van der Waals surface area contributed by atoms with Gasteiger partial charge in [0.05, 0.1) is 13.2 Å². The van der Waals surface area contributed by atoms with Crippen LogP contribution in [0, 0.1) is 5.82 Å². The molecule has 0 fully saturated rings. The van der Waals surface area contributed by atoms with Crippen LogP contribution in [0.4, 0.5) is 4.39 Å². The lowest BCUT2D eigenvalue weighted by atomic mass is 10.1. The molecule has 2 heterocycles. The number of nitrogens with zero attached hydrogens (tertiary/aromatic N) is 2. The van der Waals surface area contributed by atoms with Crippen LogP contribution >= 0.6 is 0 Å². The molecule has 10 heteroatoms. The van der Waals surface area contributed by atoms with Crippen molar-refractivity contribution in [1.29, 1.82) is 0 Å². The van der Waals surface area contributed by atoms with Crippen molar-refractivity contribution in [3.8, 4) is 5.75 Å². The predicted molar refractivity (Wildman–Crippen MR) is 120 cm³/mol. The maximum atomic E-state index is 13.6. The second kappa shape index (κ2) is 10.3. The van der Waals surface area contributed by atoms with E-state index in [1.807, 2.05) is 30.3 Å². The molecule has 0 saturated carbocycles. The predicted octanol–water partition coefficient (Wildman–Crippen LogP) is 1.78. The molecule has 2 aromatic carbocycles. The maximum absolute atomic E-state index is 13.6. The highest BCUT2D eigenvalue weighted by molar-refractivity contribution is 5.97. The molecular weight excluding hydrogens is 443 g/mol. The zero-order chi connectivity index (χ0) is 24.1. The lowest BCUT2D eigenvalue weighted by molar-refractivity contribution is 0.0760. The highest BCUT2D eigenvalue weighted by Gasteiger charge is 2.25. The number of halogens is 1. The van der Waals surface area contributed by atoms with Crippen molar-refractivity contribution >= 4 is 11.8 Å². The van der Waals surface area contributed by atoms with E-state index in [0.29, 0.717) is 24.5 Å². The van der Waals surface area contributed by atoms with E-state index in [0.717, 1.165) is 11.6 Å². The van der Waals surface area contributed by atoms with Gasteiger partial charge in [-0.1, -0.05) is 36.4 Å². The van der Waals surface area contributed by atoms with Gasteiger partial charge in [-0.3, -0.25) is 19.0 Å². The first-order chi connectivity index (χ1) is 16.5. The summed E-state index contributed by atoms with van der Waals surface area (Å²) in [6, 6.07) is 12.9. The summed E-state index contributed by atoms with van der Waals surface area (Å²) >= 11 is 0. The molecule has 0 atom stereocenters. The monoisotopic (exact) mass is 466 g/mol. The first kappa shape index (κ1) is 23.1. The molecule has 0 spiro atoms. The molecule has 2 N–H and O–H groups in total.